The third-order valence-corrected chi connectivity index (χ3v) is 3.71. The lowest BCUT2D eigenvalue weighted by Gasteiger charge is -2.12. The van der Waals surface area contributed by atoms with E-state index in [4.69, 9.17) is 20.6 Å². The third kappa shape index (κ3) is 5.08. The molecule has 4 nitrogen and oxygen atoms in total. The maximum Gasteiger partial charge on any atom is 0.472 e. The van der Waals surface area contributed by atoms with Gasteiger partial charge in [0.1, 0.15) is 0 Å². The van der Waals surface area contributed by atoms with E-state index in [2.05, 4.69) is 0 Å². The topological polar surface area (TPSA) is 55.8 Å². The van der Waals surface area contributed by atoms with Crippen molar-refractivity contribution >= 4 is 19.4 Å². The van der Waals surface area contributed by atoms with Crippen molar-refractivity contribution in [2.24, 2.45) is 0 Å². The minimum absolute atomic E-state index is 0.0142. The Kier molecular flexibility index (Phi) is 5.35. The number of rotatable bonds is 6. The first-order chi connectivity index (χ1) is 9.55. The Morgan fingerprint density at radius 1 is 0.900 bits per heavy atom. The van der Waals surface area contributed by atoms with E-state index in [1.165, 1.54) is 0 Å². The van der Waals surface area contributed by atoms with Crippen molar-refractivity contribution < 1.29 is 18.5 Å². The quantitative estimate of drug-likeness (QED) is 0.813. The summed E-state index contributed by atoms with van der Waals surface area (Å²) < 4.78 is 21.6. The maximum absolute atomic E-state index is 11.7. The van der Waals surface area contributed by atoms with Gasteiger partial charge in [-0.3, -0.25) is 9.05 Å². The van der Waals surface area contributed by atoms with Crippen molar-refractivity contribution in [3.8, 4) is 0 Å². The molecule has 0 radical (unpaired) electrons. The molecule has 2 rings (SSSR count). The molecule has 106 valence electrons. The second kappa shape index (κ2) is 7.02. The average Bonchev–Trinajstić information content (AvgIpc) is 2.46. The number of benzene rings is 2. The minimum Gasteiger partial charge on any atom is -0.302 e. The molecule has 0 saturated heterocycles. The van der Waals surface area contributed by atoms with Crippen LogP contribution in [-0.4, -0.2) is 4.89 Å². The molecule has 0 spiro atoms. The third-order valence-electron chi connectivity index (χ3n) is 2.54. The smallest absolute Gasteiger partial charge is 0.302 e. The summed E-state index contributed by atoms with van der Waals surface area (Å²) in [6, 6.07) is 15.9. The standard InChI is InChI=1S/C14H14ClO4P/c15-14-8-6-13(7-9-14)11-19-20(16,17)18-10-12-4-2-1-3-5-12/h1-9H,10-11H2,(H,16,17). The highest BCUT2D eigenvalue weighted by Crippen LogP contribution is 2.44. The number of phosphoric acid groups is 1. The van der Waals surface area contributed by atoms with Crippen LogP contribution in [-0.2, 0) is 26.8 Å². The second-order valence-corrected chi connectivity index (χ2v) is 6.02. The number of phosphoric ester groups is 1. The number of hydrogen-bond acceptors (Lipinski definition) is 3. The molecule has 2 aromatic rings. The van der Waals surface area contributed by atoms with Crippen LogP contribution in [0, 0.1) is 0 Å². The van der Waals surface area contributed by atoms with E-state index in [0.29, 0.717) is 5.02 Å². The van der Waals surface area contributed by atoms with Crippen LogP contribution in [0.1, 0.15) is 11.1 Å². The summed E-state index contributed by atoms with van der Waals surface area (Å²) in [5.41, 5.74) is 1.55. The van der Waals surface area contributed by atoms with E-state index >= 15 is 0 Å². The lowest BCUT2D eigenvalue weighted by Crippen LogP contribution is -1.96. The normalized spacial score (nSPS) is 13.9. The van der Waals surface area contributed by atoms with E-state index in [9.17, 15) is 9.46 Å². The Morgan fingerprint density at radius 2 is 1.40 bits per heavy atom. The van der Waals surface area contributed by atoms with E-state index in [1.54, 1.807) is 36.4 Å². The van der Waals surface area contributed by atoms with Gasteiger partial charge in [-0.2, -0.15) is 0 Å². The molecule has 0 fully saturated rings. The Morgan fingerprint density at radius 3 is 1.95 bits per heavy atom. The molecular formula is C14H14ClO4P. The van der Waals surface area contributed by atoms with Gasteiger partial charge < -0.3 is 4.89 Å². The van der Waals surface area contributed by atoms with Crippen LogP contribution >= 0.6 is 19.4 Å². The zero-order valence-corrected chi connectivity index (χ0v) is 12.3. The van der Waals surface area contributed by atoms with Crippen molar-refractivity contribution in [2.45, 2.75) is 13.2 Å². The molecule has 0 bridgehead atoms. The summed E-state index contributed by atoms with van der Waals surface area (Å²) >= 11 is 5.75. The Bertz CT molecular complexity index is 586. The predicted molar refractivity (Wildman–Crippen MR) is 77.3 cm³/mol. The zero-order chi connectivity index (χ0) is 14.4. The Balaban J connectivity index is 1.84. The van der Waals surface area contributed by atoms with Crippen LogP contribution in [0.2, 0.25) is 5.02 Å². The molecule has 1 atom stereocenters. The van der Waals surface area contributed by atoms with Gasteiger partial charge in [-0.05, 0) is 23.3 Å². The van der Waals surface area contributed by atoms with Gasteiger partial charge in [-0.1, -0.05) is 54.1 Å². The molecule has 0 heterocycles. The average molecular weight is 313 g/mol. The van der Waals surface area contributed by atoms with Gasteiger partial charge in [-0.15, -0.1) is 0 Å². The number of hydrogen-bond donors (Lipinski definition) is 1. The first-order valence-electron chi connectivity index (χ1n) is 5.95. The molecule has 1 unspecified atom stereocenters. The number of halogens is 1. The monoisotopic (exact) mass is 312 g/mol. The van der Waals surface area contributed by atoms with Crippen LogP contribution in [0.3, 0.4) is 0 Å². The molecule has 0 aliphatic carbocycles. The fourth-order valence-corrected chi connectivity index (χ4v) is 2.33. The van der Waals surface area contributed by atoms with Gasteiger partial charge in [0.05, 0.1) is 13.2 Å². The molecule has 0 aromatic heterocycles. The summed E-state index contributed by atoms with van der Waals surface area (Å²) in [5.74, 6) is 0. The fraction of sp³-hybridized carbons (Fsp3) is 0.143. The zero-order valence-electron chi connectivity index (χ0n) is 10.6. The molecule has 1 N–H and O–H groups in total. The molecule has 20 heavy (non-hydrogen) atoms. The van der Waals surface area contributed by atoms with Crippen molar-refractivity contribution in [3.63, 3.8) is 0 Å². The summed E-state index contributed by atoms with van der Waals surface area (Å²) in [7, 11) is -4.07. The molecule has 0 aliphatic heterocycles. The fourth-order valence-electron chi connectivity index (χ4n) is 1.50. The van der Waals surface area contributed by atoms with Crippen LogP contribution in [0.4, 0.5) is 0 Å². The lowest BCUT2D eigenvalue weighted by atomic mass is 10.2. The van der Waals surface area contributed by atoms with Crippen LogP contribution in [0.25, 0.3) is 0 Å². The first kappa shape index (κ1) is 15.2. The predicted octanol–water partition coefficient (Wildman–Crippen LogP) is 4.17. The van der Waals surface area contributed by atoms with Crippen molar-refractivity contribution in [3.05, 3.63) is 70.7 Å². The summed E-state index contributed by atoms with van der Waals surface area (Å²) in [5, 5.41) is 0.598. The van der Waals surface area contributed by atoms with Crippen LogP contribution < -0.4 is 0 Å². The van der Waals surface area contributed by atoms with Gasteiger partial charge in [0, 0.05) is 5.02 Å². The van der Waals surface area contributed by atoms with Crippen molar-refractivity contribution in [1.82, 2.24) is 0 Å². The SMILES string of the molecule is O=P(O)(OCc1ccccc1)OCc1ccc(Cl)cc1. The summed E-state index contributed by atoms with van der Waals surface area (Å²) in [6.07, 6.45) is 0. The Labute approximate surface area is 122 Å². The van der Waals surface area contributed by atoms with Gasteiger partial charge in [-0.25, -0.2) is 4.57 Å². The van der Waals surface area contributed by atoms with Gasteiger partial charge in [0.25, 0.3) is 0 Å². The molecular weight excluding hydrogens is 299 g/mol. The Hall–Kier alpha value is -1.16. The van der Waals surface area contributed by atoms with Crippen molar-refractivity contribution in [2.75, 3.05) is 0 Å². The molecule has 6 heteroatoms. The largest absolute Gasteiger partial charge is 0.472 e. The van der Waals surface area contributed by atoms with Crippen LogP contribution in [0.15, 0.2) is 54.6 Å². The highest BCUT2D eigenvalue weighted by atomic mass is 35.5. The highest BCUT2D eigenvalue weighted by Gasteiger charge is 2.21. The first-order valence-corrected chi connectivity index (χ1v) is 7.83. The molecule has 2 aromatic carbocycles. The van der Waals surface area contributed by atoms with Crippen LogP contribution in [0.5, 0.6) is 0 Å². The summed E-state index contributed by atoms with van der Waals surface area (Å²) in [6.45, 7) is 0.00890. The minimum atomic E-state index is -4.07. The van der Waals surface area contributed by atoms with Gasteiger partial charge in [0.2, 0.25) is 0 Å². The maximum atomic E-state index is 11.7. The van der Waals surface area contributed by atoms with E-state index in [1.807, 2.05) is 18.2 Å². The van der Waals surface area contributed by atoms with E-state index in [0.717, 1.165) is 11.1 Å². The lowest BCUT2D eigenvalue weighted by molar-refractivity contribution is 0.137. The van der Waals surface area contributed by atoms with E-state index < -0.39 is 7.82 Å². The van der Waals surface area contributed by atoms with E-state index in [-0.39, 0.29) is 13.2 Å². The summed E-state index contributed by atoms with van der Waals surface area (Å²) in [4.78, 5) is 9.58. The highest BCUT2D eigenvalue weighted by molar-refractivity contribution is 7.47. The van der Waals surface area contributed by atoms with Gasteiger partial charge in [0.15, 0.2) is 0 Å². The van der Waals surface area contributed by atoms with Crippen molar-refractivity contribution in [1.29, 1.82) is 0 Å². The molecule has 0 amide bonds. The molecule has 0 saturated carbocycles. The van der Waals surface area contributed by atoms with Gasteiger partial charge >= 0.3 is 7.82 Å². The second-order valence-electron chi connectivity index (χ2n) is 4.13. The molecule has 0 aliphatic rings.